The lowest BCUT2D eigenvalue weighted by Gasteiger charge is -2.25. The molecule has 1 unspecified atom stereocenters. The average Bonchev–Trinajstić information content (AvgIpc) is 2.38. The number of hydrogen-bond acceptors (Lipinski definition) is 2. The first-order valence-corrected chi connectivity index (χ1v) is 6.60. The number of phenols is 1. The highest BCUT2D eigenvalue weighted by Crippen LogP contribution is 2.22. The fourth-order valence-corrected chi connectivity index (χ4v) is 1.90. The summed E-state index contributed by atoms with van der Waals surface area (Å²) in [5.74, 6) is 0.437. The fourth-order valence-electron chi connectivity index (χ4n) is 1.90. The van der Waals surface area contributed by atoms with Crippen molar-refractivity contribution in [2.24, 2.45) is 0 Å². The van der Waals surface area contributed by atoms with Crippen molar-refractivity contribution >= 4 is 5.91 Å². The summed E-state index contributed by atoms with van der Waals surface area (Å²) in [6, 6.07) is 7.06. The number of benzene rings is 1. The molecule has 0 aromatic heterocycles. The van der Waals surface area contributed by atoms with Crippen molar-refractivity contribution in [3.8, 4) is 5.75 Å². The molecule has 0 radical (unpaired) electrons. The van der Waals surface area contributed by atoms with Gasteiger partial charge in [0.25, 0.3) is 0 Å². The zero-order valence-corrected chi connectivity index (χ0v) is 11.5. The fraction of sp³-hybridized carbons (Fsp3) is 0.533. The molecule has 3 heteroatoms. The van der Waals surface area contributed by atoms with E-state index >= 15 is 0 Å². The van der Waals surface area contributed by atoms with Crippen molar-refractivity contribution in [2.45, 2.75) is 45.6 Å². The normalized spacial score (nSPS) is 12.2. The number of phenolic OH excluding ortho intramolecular Hbond substituents is 1. The van der Waals surface area contributed by atoms with E-state index in [4.69, 9.17) is 0 Å². The first-order chi connectivity index (χ1) is 8.56. The van der Waals surface area contributed by atoms with Gasteiger partial charge >= 0.3 is 0 Å². The number of unbranched alkanes of at least 4 members (excludes halogenated alkanes) is 2. The lowest BCUT2D eigenvalue weighted by Crippen LogP contribution is -2.29. The zero-order valence-electron chi connectivity index (χ0n) is 11.5. The molecule has 1 atom stereocenters. The quantitative estimate of drug-likeness (QED) is 0.784. The Bertz CT molecular complexity index is 373. The molecule has 0 spiro atoms. The number of carbonyl (C=O) groups is 1. The lowest BCUT2D eigenvalue weighted by molar-refractivity contribution is -0.131. The highest BCUT2D eigenvalue weighted by Gasteiger charge is 2.16. The van der Waals surface area contributed by atoms with E-state index < -0.39 is 0 Å². The number of carbonyl (C=O) groups excluding carboxylic acids is 1. The van der Waals surface area contributed by atoms with E-state index in [1.54, 1.807) is 17.0 Å². The second kappa shape index (κ2) is 7.04. The first kappa shape index (κ1) is 14.6. The van der Waals surface area contributed by atoms with Crippen LogP contribution in [0.3, 0.4) is 0 Å². The van der Waals surface area contributed by atoms with Crippen LogP contribution in [-0.2, 0) is 4.79 Å². The van der Waals surface area contributed by atoms with Crippen molar-refractivity contribution < 1.29 is 9.90 Å². The van der Waals surface area contributed by atoms with Gasteiger partial charge in [-0.15, -0.1) is 0 Å². The van der Waals surface area contributed by atoms with Gasteiger partial charge in [-0.25, -0.2) is 0 Å². The average molecular weight is 249 g/mol. The molecule has 0 saturated carbocycles. The number of nitrogens with zero attached hydrogens (tertiary/aromatic N) is 1. The van der Waals surface area contributed by atoms with Crippen LogP contribution in [0.1, 0.15) is 51.1 Å². The van der Waals surface area contributed by atoms with Crippen LogP contribution in [0.2, 0.25) is 0 Å². The predicted molar refractivity (Wildman–Crippen MR) is 73.4 cm³/mol. The molecule has 0 aliphatic rings. The Morgan fingerprint density at radius 1 is 1.28 bits per heavy atom. The van der Waals surface area contributed by atoms with E-state index in [0.717, 1.165) is 24.8 Å². The lowest BCUT2D eigenvalue weighted by atomic mass is 10.1. The molecular formula is C15H23NO2. The van der Waals surface area contributed by atoms with Gasteiger partial charge < -0.3 is 10.0 Å². The molecule has 1 N–H and O–H groups in total. The van der Waals surface area contributed by atoms with Crippen molar-refractivity contribution in [2.75, 3.05) is 7.05 Å². The summed E-state index contributed by atoms with van der Waals surface area (Å²) in [4.78, 5) is 13.8. The monoisotopic (exact) mass is 249 g/mol. The van der Waals surface area contributed by atoms with E-state index in [1.807, 2.05) is 26.1 Å². The SMILES string of the molecule is CCCCCC(=O)N(C)C(C)c1ccc(O)cc1. The van der Waals surface area contributed by atoms with Crippen LogP contribution in [0.4, 0.5) is 0 Å². The van der Waals surface area contributed by atoms with Crippen molar-refractivity contribution in [3.05, 3.63) is 29.8 Å². The first-order valence-electron chi connectivity index (χ1n) is 6.60. The molecule has 0 aliphatic carbocycles. The Balaban J connectivity index is 2.57. The van der Waals surface area contributed by atoms with Gasteiger partial charge in [-0.2, -0.15) is 0 Å². The molecule has 18 heavy (non-hydrogen) atoms. The molecule has 1 aromatic rings. The largest absolute Gasteiger partial charge is 0.508 e. The molecule has 0 aliphatic heterocycles. The Morgan fingerprint density at radius 3 is 2.44 bits per heavy atom. The van der Waals surface area contributed by atoms with Gasteiger partial charge in [0.15, 0.2) is 0 Å². The third-order valence-corrected chi connectivity index (χ3v) is 3.34. The van der Waals surface area contributed by atoms with Gasteiger partial charge in [0.1, 0.15) is 5.75 Å². The Kier molecular flexibility index (Phi) is 5.69. The molecular weight excluding hydrogens is 226 g/mol. The minimum absolute atomic E-state index is 0.0414. The highest BCUT2D eigenvalue weighted by atomic mass is 16.3. The second-order valence-corrected chi connectivity index (χ2v) is 4.73. The third-order valence-electron chi connectivity index (χ3n) is 3.34. The number of rotatable bonds is 6. The summed E-state index contributed by atoms with van der Waals surface area (Å²) in [7, 11) is 1.84. The van der Waals surface area contributed by atoms with Crippen LogP contribution in [0, 0.1) is 0 Å². The molecule has 3 nitrogen and oxygen atoms in total. The van der Waals surface area contributed by atoms with Gasteiger partial charge in [-0.1, -0.05) is 31.9 Å². The van der Waals surface area contributed by atoms with E-state index in [1.165, 1.54) is 0 Å². The third kappa shape index (κ3) is 4.06. The summed E-state index contributed by atoms with van der Waals surface area (Å²) < 4.78 is 0. The molecule has 1 amide bonds. The highest BCUT2D eigenvalue weighted by molar-refractivity contribution is 5.76. The van der Waals surface area contributed by atoms with Gasteiger partial charge in [0.2, 0.25) is 5.91 Å². The van der Waals surface area contributed by atoms with Crippen LogP contribution >= 0.6 is 0 Å². The molecule has 1 rings (SSSR count). The van der Waals surface area contributed by atoms with Gasteiger partial charge in [-0.05, 0) is 31.0 Å². The standard InChI is InChI=1S/C15H23NO2/c1-4-5-6-7-15(18)16(3)12(2)13-8-10-14(17)11-9-13/h8-12,17H,4-7H2,1-3H3. The van der Waals surface area contributed by atoms with Gasteiger partial charge in [0, 0.05) is 13.5 Å². The second-order valence-electron chi connectivity index (χ2n) is 4.73. The van der Waals surface area contributed by atoms with Crippen LogP contribution in [0.15, 0.2) is 24.3 Å². The zero-order chi connectivity index (χ0) is 13.5. The maximum absolute atomic E-state index is 12.0. The maximum Gasteiger partial charge on any atom is 0.222 e. The topological polar surface area (TPSA) is 40.5 Å². The number of aromatic hydroxyl groups is 1. The van der Waals surface area contributed by atoms with Crippen molar-refractivity contribution in [1.82, 2.24) is 4.90 Å². The minimum atomic E-state index is 0.0414. The molecule has 0 fully saturated rings. The van der Waals surface area contributed by atoms with Crippen LogP contribution in [0.25, 0.3) is 0 Å². The Labute approximate surface area is 109 Å². The van der Waals surface area contributed by atoms with Gasteiger partial charge in [0.05, 0.1) is 6.04 Å². The maximum atomic E-state index is 12.0. The summed E-state index contributed by atoms with van der Waals surface area (Å²) in [5, 5.41) is 9.25. The van der Waals surface area contributed by atoms with Crippen LogP contribution in [-0.4, -0.2) is 23.0 Å². The summed E-state index contributed by atoms with van der Waals surface area (Å²) in [6.07, 6.45) is 3.81. The van der Waals surface area contributed by atoms with E-state index in [9.17, 15) is 9.90 Å². The molecule has 0 saturated heterocycles. The molecule has 0 heterocycles. The number of hydrogen-bond donors (Lipinski definition) is 1. The molecule has 1 aromatic carbocycles. The summed E-state index contributed by atoms with van der Waals surface area (Å²) >= 11 is 0. The smallest absolute Gasteiger partial charge is 0.222 e. The van der Waals surface area contributed by atoms with E-state index in [-0.39, 0.29) is 17.7 Å². The summed E-state index contributed by atoms with van der Waals surface area (Å²) in [5.41, 5.74) is 1.04. The van der Waals surface area contributed by atoms with Crippen molar-refractivity contribution in [3.63, 3.8) is 0 Å². The number of amides is 1. The van der Waals surface area contributed by atoms with Crippen LogP contribution < -0.4 is 0 Å². The van der Waals surface area contributed by atoms with Gasteiger partial charge in [-0.3, -0.25) is 4.79 Å². The predicted octanol–water partition coefficient (Wildman–Crippen LogP) is 3.49. The Hall–Kier alpha value is -1.51. The van der Waals surface area contributed by atoms with Crippen molar-refractivity contribution in [1.29, 1.82) is 0 Å². The summed E-state index contributed by atoms with van der Waals surface area (Å²) in [6.45, 7) is 4.14. The van der Waals surface area contributed by atoms with E-state index in [2.05, 4.69) is 6.92 Å². The van der Waals surface area contributed by atoms with E-state index in [0.29, 0.717) is 6.42 Å². The minimum Gasteiger partial charge on any atom is -0.508 e. The van der Waals surface area contributed by atoms with Crippen LogP contribution in [0.5, 0.6) is 5.75 Å². The molecule has 0 bridgehead atoms. The Morgan fingerprint density at radius 2 is 1.89 bits per heavy atom. The molecule has 100 valence electrons.